The third kappa shape index (κ3) is 6.23. The van der Waals surface area contributed by atoms with Gasteiger partial charge in [-0.3, -0.25) is 4.79 Å². The number of rotatable bonds is 9. The van der Waals surface area contributed by atoms with Gasteiger partial charge in [-0.15, -0.1) is 0 Å². The van der Waals surface area contributed by atoms with Gasteiger partial charge in [-0.05, 0) is 42.3 Å². The van der Waals surface area contributed by atoms with Crippen LogP contribution in [0.4, 0.5) is 5.69 Å². The molecule has 0 radical (unpaired) electrons. The molecule has 38 heavy (non-hydrogen) atoms. The molecular weight excluding hydrogens is 526 g/mol. The molecule has 1 fully saturated rings. The maximum Gasteiger partial charge on any atom is 0.243 e. The zero-order valence-electron chi connectivity index (χ0n) is 21.8. The maximum absolute atomic E-state index is 13.8. The zero-order valence-corrected chi connectivity index (χ0v) is 23.3. The predicted octanol–water partition coefficient (Wildman–Crippen LogP) is 4.21. The average Bonchev–Trinajstić information content (AvgIpc) is 2.94. The fourth-order valence-corrected chi connectivity index (χ4v) is 6.07. The molecule has 0 aromatic heterocycles. The molecule has 0 aliphatic carbocycles. The van der Waals surface area contributed by atoms with E-state index in [-0.39, 0.29) is 23.9 Å². The minimum atomic E-state index is -4.03. The molecule has 0 spiro atoms. The van der Waals surface area contributed by atoms with E-state index in [1.54, 1.807) is 11.0 Å². The van der Waals surface area contributed by atoms with E-state index in [0.29, 0.717) is 42.7 Å². The van der Waals surface area contributed by atoms with Crippen LogP contribution < -0.4 is 14.4 Å². The molecule has 1 saturated heterocycles. The normalized spacial score (nSPS) is 14.0. The summed E-state index contributed by atoms with van der Waals surface area (Å²) in [5.41, 5.74) is 2.95. The second kappa shape index (κ2) is 12.1. The number of anilines is 1. The zero-order chi connectivity index (χ0) is 27.3. The highest BCUT2D eigenvalue weighted by molar-refractivity contribution is 7.89. The molecule has 0 bridgehead atoms. The first kappa shape index (κ1) is 27.8. The number of carbonyl (C=O) groups is 1. The Balaban J connectivity index is 1.53. The Kier molecular flexibility index (Phi) is 8.81. The molecule has 10 heteroatoms. The van der Waals surface area contributed by atoms with E-state index in [9.17, 15) is 13.2 Å². The van der Waals surface area contributed by atoms with Gasteiger partial charge in [0.2, 0.25) is 15.9 Å². The van der Waals surface area contributed by atoms with Crippen LogP contribution in [0.2, 0.25) is 5.02 Å². The van der Waals surface area contributed by atoms with E-state index in [4.69, 9.17) is 21.1 Å². The standard InChI is InChI=1S/C28H32ClN3O5S/c1-21-9-10-23(29)17-25(21)30-13-15-31(16-14-30)28(33)20-32(19-22-7-5-4-6-8-22)38(34,35)24-11-12-26(36-2)27(18-24)37-3/h4-12,17-18H,13-16,19-20H2,1-3H3. The van der Waals surface area contributed by atoms with Gasteiger partial charge in [-0.25, -0.2) is 8.42 Å². The van der Waals surface area contributed by atoms with E-state index in [0.717, 1.165) is 16.8 Å². The number of carbonyl (C=O) groups excluding carboxylic acids is 1. The first-order valence-corrected chi connectivity index (χ1v) is 14.1. The van der Waals surface area contributed by atoms with Crippen LogP contribution in [-0.2, 0) is 21.4 Å². The fourth-order valence-electron chi connectivity index (χ4n) is 4.51. The van der Waals surface area contributed by atoms with Gasteiger partial charge < -0.3 is 19.3 Å². The minimum absolute atomic E-state index is 0.0279. The van der Waals surface area contributed by atoms with Crippen molar-refractivity contribution in [2.45, 2.75) is 18.4 Å². The molecule has 3 aromatic carbocycles. The number of piperazine rings is 1. The van der Waals surface area contributed by atoms with Gasteiger partial charge >= 0.3 is 0 Å². The molecule has 3 aromatic rings. The van der Waals surface area contributed by atoms with Crippen molar-refractivity contribution in [1.29, 1.82) is 0 Å². The molecule has 8 nitrogen and oxygen atoms in total. The van der Waals surface area contributed by atoms with Gasteiger partial charge in [0.15, 0.2) is 11.5 Å². The molecule has 202 valence electrons. The molecular formula is C28H32ClN3O5S. The smallest absolute Gasteiger partial charge is 0.243 e. The van der Waals surface area contributed by atoms with Gasteiger partial charge in [0, 0.05) is 49.5 Å². The summed E-state index contributed by atoms with van der Waals surface area (Å²) in [6.45, 7) is 4.05. The number of hydrogen-bond acceptors (Lipinski definition) is 6. The fraction of sp³-hybridized carbons (Fsp3) is 0.321. The number of nitrogens with zero attached hydrogens (tertiary/aromatic N) is 3. The second-order valence-corrected chi connectivity index (χ2v) is 11.4. The van der Waals surface area contributed by atoms with Crippen LogP contribution in [-0.4, -0.2) is 70.5 Å². The van der Waals surface area contributed by atoms with Crippen LogP contribution in [0.3, 0.4) is 0 Å². The summed E-state index contributed by atoms with van der Waals surface area (Å²) in [7, 11) is -1.10. The summed E-state index contributed by atoms with van der Waals surface area (Å²) < 4.78 is 39.3. The van der Waals surface area contributed by atoms with Crippen LogP contribution in [0.1, 0.15) is 11.1 Å². The second-order valence-electron chi connectivity index (χ2n) is 9.07. The largest absolute Gasteiger partial charge is 0.493 e. The van der Waals surface area contributed by atoms with Crippen molar-refractivity contribution in [3.05, 3.63) is 82.9 Å². The quantitative estimate of drug-likeness (QED) is 0.392. The van der Waals surface area contributed by atoms with Gasteiger partial charge in [0.05, 0.1) is 25.7 Å². The molecule has 0 unspecified atom stereocenters. The molecule has 1 aliphatic heterocycles. The summed E-state index contributed by atoms with van der Waals surface area (Å²) in [4.78, 5) is 17.4. The topological polar surface area (TPSA) is 79.4 Å². The number of methoxy groups -OCH3 is 2. The van der Waals surface area contributed by atoms with E-state index in [2.05, 4.69) is 4.90 Å². The minimum Gasteiger partial charge on any atom is -0.493 e. The molecule has 1 heterocycles. The Hall–Kier alpha value is -3.27. The van der Waals surface area contributed by atoms with Crippen molar-refractivity contribution in [3.63, 3.8) is 0 Å². The third-order valence-corrected chi connectivity index (χ3v) is 8.67. The van der Waals surface area contributed by atoms with Crippen molar-refractivity contribution < 1.29 is 22.7 Å². The Bertz CT molecular complexity index is 1380. The van der Waals surface area contributed by atoms with E-state index in [1.165, 1.54) is 30.7 Å². The lowest BCUT2D eigenvalue weighted by atomic mass is 10.1. The van der Waals surface area contributed by atoms with Crippen molar-refractivity contribution in [3.8, 4) is 11.5 Å². The Morgan fingerprint density at radius 1 is 0.921 bits per heavy atom. The van der Waals surface area contributed by atoms with Crippen LogP contribution in [0.15, 0.2) is 71.6 Å². The van der Waals surface area contributed by atoms with Crippen molar-refractivity contribution in [2.24, 2.45) is 0 Å². The Labute approximate surface area is 229 Å². The van der Waals surface area contributed by atoms with Gasteiger partial charge in [-0.1, -0.05) is 48.0 Å². The van der Waals surface area contributed by atoms with Crippen molar-refractivity contribution in [1.82, 2.24) is 9.21 Å². The predicted molar refractivity (Wildman–Crippen MR) is 149 cm³/mol. The highest BCUT2D eigenvalue weighted by Crippen LogP contribution is 2.31. The summed E-state index contributed by atoms with van der Waals surface area (Å²) in [5, 5.41) is 0.668. The van der Waals surface area contributed by atoms with Crippen molar-refractivity contribution in [2.75, 3.05) is 51.8 Å². The third-order valence-electron chi connectivity index (χ3n) is 6.65. The first-order chi connectivity index (χ1) is 18.2. The summed E-state index contributed by atoms with van der Waals surface area (Å²) in [6, 6.07) is 19.4. The van der Waals surface area contributed by atoms with Gasteiger partial charge in [-0.2, -0.15) is 4.31 Å². The van der Waals surface area contributed by atoms with Crippen molar-refractivity contribution >= 4 is 33.2 Å². The SMILES string of the molecule is COc1ccc(S(=O)(=O)N(CC(=O)N2CCN(c3cc(Cl)ccc3C)CC2)Cc2ccccc2)cc1OC. The van der Waals surface area contributed by atoms with Crippen LogP contribution in [0, 0.1) is 6.92 Å². The van der Waals surface area contributed by atoms with E-state index in [1.807, 2.05) is 55.5 Å². The molecule has 1 amide bonds. The van der Waals surface area contributed by atoms with E-state index < -0.39 is 10.0 Å². The van der Waals surface area contributed by atoms with Crippen LogP contribution >= 0.6 is 11.6 Å². The lowest BCUT2D eigenvalue weighted by Gasteiger charge is -2.37. The highest BCUT2D eigenvalue weighted by Gasteiger charge is 2.31. The Morgan fingerprint density at radius 3 is 2.26 bits per heavy atom. The lowest BCUT2D eigenvalue weighted by Crippen LogP contribution is -2.51. The first-order valence-electron chi connectivity index (χ1n) is 12.3. The summed E-state index contributed by atoms with van der Waals surface area (Å²) in [5.74, 6) is 0.476. The lowest BCUT2D eigenvalue weighted by molar-refractivity contribution is -0.131. The highest BCUT2D eigenvalue weighted by atomic mass is 35.5. The molecule has 0 atom stereocenters. The molecule has 1 aliphatic rings. The molecule has 0 saturated carbocycles. The molecule has 0 N–H and O–H groups in total. The van der Waals surface area contributed by atoms with Gasteiger partial charge in [0.1, 0.15) is 0 Å². The number of ether oxygens (including phenoxy) is 2. The Morgan fingerprint density at radius 2 is 1.61 bits per heavy atom. The summed E-state index contributed by atoms with van der Waals surface area (Å²) in [6.07, 6.45) is 0. The average molecular weight is 558 g/mol. The number of benzene rings is 3. The van der Waals surface area contributed by atoms with Gasteiger partial charge in [0.25, 0.3) is 0 Å². The van der Waals surface area contributed by atoms with Crippen LogP contribution in [0.5, 0.6) is 11.5 Å². The van der Waals surface area contributed by atoms with E-state index >= 15 is 0 Å². The monoisotopic (exact) mass is 557 g/mol. The number of sulfonamides is 1. The number of halogens is 1. The number of amides is 1. The summed E-state index contributed by atoms with van der Waals surface area (Å²) >= 11 is 6.20. The number of aryl methyl sites for hydroxylation is 1. The molecule has 4 rings (SSSR count). The maximum atomic E-state index is 13.8. The van der Waals surface area contributed by atoms with Crippen LogP contribution in [0.25, 0.3) is 0 Å². The number of hydrogen-bond donors (Lipinski definition) is 0.